The largest absolute Gasteiger partial charge is 0.378 e. The molecule has 3 rings (SSSR count). The van der Waals surface area contributed by atoms with Gasteiger partial charge in [0, 0.05) is 50.3 Å². The fourth-order valence-electron chi connectivity index (χ4n) is 2.84. The first-order chi connectivity index (χ1) is 12.8. The van der Waals surface area contributed by atoms with Gasteiger partial charge >= 0.3 is 6.03 Å². The first-order valence-electron chi connectivity index (χ1n) is 8.44. The molecule has 0 radical (unpaired) electrons. The van der Waals surface area contributed by atoms with E-state index in [4.69, 9.17) is 0 Å². The molecule has 27 heavy (non-hydrogen) atoms. The van der Waals surface area contributed by atoms with Crippen molar-refractivity contribution in [1.82, 2.24) is 4.90 Å². The molecule has 6 nitrogen and oxygen atoms in total. The standard InChI is InChI=1S/C19H20F2N4O2/c1-23(2)14-5-3-13(4-6-14)22-18(26)12-24-9-10-25(19(24)27)15-7-8-16(20)17(21)11-15/h3-8,11H,9-10,12H2,1-2H3,(H,22,26). The van der Waals surface area contributed by atoms with Gasteiger partial charge in [0.1, 0.15) is 6.54 Å². The molecule has 0 saturated carbocycles. The van der Waals surface area contributed by atoms with E-state index < -0.39 is 17.7 Å². The van der Waals surface area contributed by atoms with Crippen LogP contribution in [0.3, 0.4) is 0 Å². The molecule has 1 saturated heterocycles. The number of hydrogen-bond donors (Lipinski definition) is 1. The number of nitrogens with zero attached hydrogens (tertiary/aromatic N) is 3. The van der Waals surface area contributed by atoms with Gasteiger partial charge in [-0.3, -0.25) is 9.69 Å². The first-order valence-corrected chi connectivity index (χ1v) is 8.44. The number of rotatable bonds is 5. The van der Waals surface area contributed by atoms with Gasteiger partial charge in [0.25, 0.3) is 0 Å². The number of halogens is 2. The summed E-state index contributed by atoms with van der Waals surface area (Å²) in [6.45, 7) is 0.508. The highest BCUT2D eigenvalue weighted by atomic mass is 19.2. The second-order valence-corrected chi connectivity index (χ2v) is 6.44. The Hall–Kier alpha value is -3.16. The number of carbonyl (C=O) groups is 2. The number of benzene rings is 2. The molecule has 1 aliphatic rings. The summed E-state index contributed by atoms with van der Waals surface area (Å²) < 4.78 is 26.5. The van der Waals surface area contributed by atoms with Crippen molar-refractivity contribution in [3.05, 3.63) is 54.1 Å². The van der Waals surface area contributed by atoms with Crippen molar-refractivity contribution in [3.63, 3.8) is 0 Å². The maximum Gasteiger partial charge on any atom is 0.325 e. The predicted octanol–water partition coefficient (Wildman–Crippen LogP) is 2.91. The molecule has 2 aromatic rings. The van der Waals surface area contributed by atoms with Crippen LogP contribution in [0.4, 0.5) is 30.6 Å². The summed E-state index contributed by atoms with van der Waals surface area (Å²) >= 11 is 0. The van der Waals surface area contributed by atoms with Crippen LogP contribution in [0.15, 0.2) is 42.5 Å². The van der Waals surface area contributed by atoms with Crippen molar-refractivity contribution >= 4 is 29.0 Å². The van der Waals surface area contributed by atoms with Crippen LogP contribution in [0.1, 0.15) is 0 Å². The highest BCUT2D eigenvalue weighted by molar-refractivity contribution is 5.99. The second-order valence-electron chi connectivity index (χ2n) is 6.44. The summed E-state index contributed by atoms with van der Waals surface area (Å²) in [5.74, 6) is -2.31. The van der Waals surface area contributed by atoms with Crippen LogP contribution in [0, 0.1) is 11.6 Å². The minimum Gasteiger partial charge on any atom is -0.378 e. The molecule has 8 heteroatoms. The zero-order valence-electron chi connectivity index (χ0n) is 15.1. The van der Waals surface area contributed by atoms with Crippen molar-refractivity contribution in [2.24, 2.45) is 0 Å². The Bertz CT molecular complexity index is 855. The van der Waals surface area contributed by atoms with E-state index in [9.17, 15) is 18.4 Å². The number of amides is 3. The quantitative estimate of drug-likeness (QED) is 0.876. The predicted molar refractivity (Wildman–Crippen MR) is 100 cm³/mol. The Labute approximate surface area is 156 Å². The lowest BCUT2D eigenvalue weighted by Crippen LogP contribution is -2.37. The van der Waals surface area contributed by atoms with Crippen LogP contribution in [0.2, 0.25) is 0 Å². The summed E-state index contributed by atoms with van der Waals surface area (Å²) in [6, 6.07) is 10.2. The lowest BCUT2D eigenvalue weighted by molar-refractivity contribution is -0.116. The van der Waals surface area contributed by atoms with E-state index in [1.807, 2.05) is 31.1 Å². The molecule has 1 N–H and O–H groups in total. The third-order valence-electron chi connectivity index (χ3n) is 4.31. The Morgan fingerprint density at radius 1 is 1.07 bits per heavy atom. The SMILES string of the molecule is CN(C)c1ccc(NC(=O)CN2CCN(c3ccc(F)c(F)c3)C2=O)cc1. The monoisotopic (exact) mass is 374 g/mol. The molecule has 0 aliphatic carbocycles. The highest BCUT2D eigenvalue weighted by Crippen LogP contribution is 2.22. The van der Waals surface area contributed by atoms with E-state index >= 15 is 0 Å². The molecule has 0 atom stereocenters. The molecule has 1 heterocycles. The maximum atomic E-state index is 13.4. The maximum absolute atomic E-state index is 13.4. The fourth-order valence-corrected chi connectivity index (χ4v) is 2.84. The summed E-state index contributed by atoms with van der Waals surface area (Å²) in [7, 11) is 3.84. The summed E-state index contributed by atoms with van der Waals surface area (Å²) in [4.78, 5) is 29.3. The van der Waals surface area contributed by atoms with Gasteiger partial charge in [0.05, 0.1) is 0 Å². The van der Waals surface area contributed by atoms with Gasteiger partial charge in [-0.2, -0.15) is 0 Å². The molecule has 0 aromatic heterocycles. The highest BCUT2D eigenvalue weighted by Gasteiger charge is 2.31. The van der Waals surface area contributed by atoms with E-state index in [1.165, 1.54) is 15.9 Å². The Kier molecular flexibility index (Phi) is 5.25. The van der Waals surface area contributed by atoms with Crippen molar-refractivity contribution in [1.29, 1.82) is 0 Å². The van der Waals surface area contributed by atoms with Crippen LogP contribution in [-0.2, 0) is 4.79 Å². The summed E-state index contributed by atoms with van der Waals surface area (Å²) in [6.07, 6.45) is 0. The van der Waals surface area contributed by atoms with Crippen LogP contribution >= 0.6 is 0 Å². The number of carbonyl (C=O) groups excluding carboxylic acids is 2. The zero-order valence-corrected chi connectivity index (χ0v) is 15.1. The van der Waals surface area contributed by atoms with Crippen molar-refractivity contribution in [2.75, 3.05) is 48.8 Å². The van der Waals surface area contributed by atoms with E-state index in [2.05, 4.69) is 5.32 Å². The molecule has 0 spiro atoms. The molecule has 3 amide bonds. The average Bonchev–Trinajstić information content (AvgIpc) is 2.98. The first kappa shape index (κ1) is 18.6. The smallest absolute Gasteiger partial charge is 0.325 e. The van der Waals surface area contributed by atoms with Gasteiger partial charge in [-0.25, -0.2) is 13.6 Å². The topological polar surface area (TPSA) is 55.9 Å². The lowest BCUT2D eigenvalue weighted by atomic mass is 10.2. The number of nitrogens with one attached hydrogen (secondary N) is 1. The Morgan fingerprint density at radius 2 is 1.78 bits per heavy atom. The van der Waals surface area contributed by atoms with Crippen molar-refractivity contribution in [3.8, 4) is 0 Å². The van der Waals surface area contributed by atoms with Gasteiger partial charge < -0.3 is 15.1 Å². The Balaban J connectivity index is 1.60. The van der Waals surface area contributed by atoms with Gasteiger partial charge in [0.15, 0.2) is 11.6 Å². The van der Waals surface area contributed by atoms with E-state index in [0.29, 0.717) is 18.8 Å². The van der Waals surface area contributed by atoms with Gasteiger partial charge in [-0.1, -0.05) is 0 Å². The average molecular weight is 374 g/mol. The Morgan fingerprint density at radius 3 is 2.41 bits per heavy atom. The van der Waals surface area contributed by atoms with Crippen LogP contribution in [0.25, 0.3) is 0 Å². The molecular weight excluding hydrogens is 354 g/mol. The van der Waals surface area contributed by atoms with E-state index in [1.54, 1.807) is 12.1 Å². The molecule has 1 fully saturated rings. The normalized spacial score (nSPS) is 13.9. The zero-order chi connectivity index (χ0) is 19.6. The van der Waals surface area contributed by atoms with Crippen LogP contribution in [0.5, 0.6) is 0 Å². The number of anilines is 3. The molecule has 2 aromatic carbocycles. The second kappa shape index (κ2) is 7.61. The minimum atomic E-state index is -1.02. The third kappa shape index (κ3) is 4.16. The summed E-state index contributed by atoms with van der Waals surface area (Å²) in [5.41, 5.74) is 1.90. The molecular formula is C19H20F2N4O2. The van der Waals surface area contributed by atoms with Crippen LogP contribution < -0.4 is 15.1 Å². The molecule has 0 bridgehead atoms. The van der Waals surface area contributed by atoms with Gasteiger partial charge in [0.2, 0.25) is 5.91 Å². The minimum absolute atomic E-state index is 0.117. The van der Waals surface area contributed by atoms with Crippen molar-refractivity contribution in [2.45, 2.75) is 0 Å². The van der Waals surface area contributed by atoms with E-state index in [-0.39, 0.29) is 18.1 Å². The molecule has 142 valence electrons. The molecule has 0 unspecified atom stereocenters. The van der Waals surface area contributed by atoms with Crippen molar-refractivity contribution < 1.29 is 18.4 Å². The van der Waals surface area contributed by atoms with E-state index in [0.717, 1.165) is 17.8 Å². The molecule has 1 aliphatic heterocycles. The number of hydrogen-bond acceptors (Lipinski definition) is 3. The lowest BCUT2D eigenvalue weighted by Gasteiger charge is -2.19. The van der Waals surface area contributed by atoms with Gasteiger partial charge in [-0.05, 0) is 36.4 Å². The van der Waals surface area contributed by atoms with Crippen LogP contribution in [-0.4, -0.2) is 50.6 Å². The third-order valence-corrected chi connectivity index (χ3v) is 4.31. The van der Waals surface area contributed by atoms with Gasteiger partial charge in [-0.15, -0.1) is 0 Å². The number of urea groups is 1. The fraction of sp³-hybridized carbons (Fsp3) is 0.263. The summed E-state index contributed by atoms with van der Waals surface area (Å²) in [5, 5.41) is 2.75.